The molecule has 1 aliphatic carbocycles. The molecule has 2 aromatic heterocycles. The van der Waals surface area contributed by atoms with Gasteiger partial charge in [0.05, 0.1) is 16.6 Å². The predicted molar refractivity (Wildman–Crippen MR) is 110 cm³/mol. The van der Waals surface area contributed by atoms with Crippen molar-refractivity contribution in [1.29, 1.82) is 0 Å². The first-order chi connectivity index (χ1) is 14.0. The zero-order chi connectivity index (χ0) is 20.1. The Balaban J connectivity index is 1.37. The fourth-order valence-corrected chi connectivity index (χ4v) is 4.92. The van der Waals surface area contributed by atoms with Crippen LogP contribution in [0.3, 0.4) is 0 Å². The lowest BCUT2D eigenvalue weighted by atomic mass is 9.94. The number of aryl methyl sites for hydroxylation is 2. The first-order valence-electron chi connectivity index (χ1n) is 10.9. The van der Waals surface area contributed by atoms with E-state index in [1.165, 1.54) is 0 Å². The highest BCUT2D eigenvalue weighted by atomic mass is 16.2. The summed E-state index contributed by atoms with van der Waals surface area (Å²) in [6.07, 6.45) is 6.05. The van der Waals surface area contributed by atoms with Crippen LogP contribution >= 0.6 is 0 Å². The minimum absolute atomic E-state index is 0.0578. The maximum absolute atomic E-state index is 13.5. The van der Waals surface area contributed by atoms with Crippen LogP contribution in [0, 0.1) is 12.8 Å². The van der Waals surface area contributed by atoms with Crippen molar-refractivity contribution >= 4 is 22.8 Å². The van der Waals surface area contributed by atoms with Gasteiger partial charge in [0.2, 0.25) is 5.91 Å². The van der Waals surface area contributed by atoms with Gasteiger partial charge in [-0.3, -0.25) is 14.3 Å². The number of amides is 2. The van der Waals surface area contributed by atoms with Gasteiger partial charge in [0.25, 0.3) is 5.91 Å². The molecule has 3 aliphatic rings. The highest BCUT2D eigenvalue weighted by molar-refractivity contribution is 6.06. The van der Waals surface area contributed by atoms with Crippen molar-refractivity contribution in [2.75, 3.05) is 26.2 Å². The Kier molecular flexibility index (Phi) is 4.56. The summed E-state index contributed by atoms with van der Waals surface area (Å²) >= 11 is 0. The van der Waals surface area contributed by atoms with Crippen molar-refractivity contribution in [2.45, 2.75) is 51.4 Å². The molecule has 0 aromatic carbocycles. The third-order valence-corrected chi connectivity index (χ3v) is 6.76. The lowest BCUT2D eigenvalue weighted by Crippen LogP contribution is -2.43. The highest BCUT2D eigenvalue weighted by Gasteiger charge is 2.33. The molecule has 2 amide bonds. The van der Waals surface area contributed by atoms with Crippen molar-refractivity contribution in [2.24, 2.45) is 13.0 Å². The summed E-state index contributed by atoms with van der Waals surface area (Å²) in [7, 11) is 1.89. The summed E-state index contributed by atoms with van der Waals surface area (Å²) in [5.41, 5.74) is 3.39. The Morgan fingerprint density at radius 3 is 2.34 bits per heavy atom. The summed E-state index contributed by atoms with van der Waals surface area (Å²) in [6.45, 7) is 5.03. The molecule has 0 radical (unpaired) electrons. The SMILES string of the molecule is Cc1nn(C)c2nc(C3CC3)cc(C(=O)N3CCC(C(=O)N4CCCC4)CC3)c12. The lowest BCUT2D eigenvalue weighted by molar-refractivity contribution is -0.135. The zero-order valence-electron chi connectivity index (χ0n) is 17.4. The summed E-state index contributed by atoms with van der Waals surface area (Å²) in [4.78, 5) is 34.9. The molecule has 7 nitrogen and oxygen atoms in total. The number of carbonyl (C=O) groups excluding carboxylic acids is 2. The molecule has 0 bridgehead atoms. The third-order valence-electron chi connectivity index (χ3n) is 6.76. The number of nitrogens with zero attached hydrogens (tertiary/aromatic N) is 5. The second-order valence-corrected chi connectivity index (χ2v) is 8.88. The minimum atomic E-state index is 0.0578. The van der Waals surface area contributed by atoms with Crippen LogP contribution in [-0.2, 0) is 11.8 Å². The quantitative estimate of drug-likeness (QED) is 0.801. The minimum Gasteiger partial charge on any atom is -0.342 e. The van der Waals surface area contributed by atoms with Crippen molar-refractivity contribution in [3.63, 3.8) is 0 Å². The van der Waals surface area contributed by atoms with Crippen LogP contribution in [0.15, 0.2) is 6.07 Å². The predicted octanol–water partition coefficient (Wildman–Crippen LogP) is 2.63. The van der Waals surface area contributed by atoms with Gasteiger partial charge >= 0.3 is 0 Å². The lowest BCUT2D eigenvalue weighted by Gasteiger charge is -2.33. The number of fused-ring (bicyclic) bond motifs is 1. The number of rotatable bonds is 3. The molecule has 2 aliphatic heterocycles. The molecular weight excluding hydrogens is 366 g/mol. The monoisotopic (exact) mass is 395 g/mol. The van der Waals surface area contributed by atoms with Crippen LogP contribution in [0.5, 0.6) is 0 Å². The van der Waals surface area contributed by atoms with Crippen LogP contribution in [0.1, 0.15) is 66.2 Å². The van der Waals surface area contributed by atoms with E-state index in [9.17, 15) is 9.59 Å². The van der Waals surface area contributed by atoms with Crippen LogP contribution in [-0.4, -0.2) is 62.6 Å². The molecule has 0 atom stereocenters. The topological polar surface area (TPSA) is 71.3 Å². The molecule has 3 fully saturated rings. The highest BCUT2D eigenvalue weighted by Crippen LogP contribution is 2.40. The van der Waals surface area contributed by atoms with E-state index in [2.05, 4.69) is 5.10 Å². The molecule has 0 N–H and O–H groups in total. The van der Waals surface area contributed by atoms with Gasteiger partial charge in [-0.05, 0) is 51.5 Å². The number of likely N-dealkylation sites (tertiary alicyclic amines) is 2. The summed E-state index contributed by atoms with van der Waals surface area (Å²) in [5, 5.41) is 5.38. The van der Waals surface area contributed by atoms with Crippen molar-refractivity contribution in [1.82, 2.24) is 24.6 Å². The van der Waals surface area contributed by atoms with Gasteiger partial charge in [0.1, 0.15) is 0 Å². The number of aromatic nitrogens is 3. The molecule has 4 heterocycles. The number of hydrogen-bond acceptors (Lipinski definition) is 4. The van der Waals surface area contributed by atoms with E-state index in [0.717, 1.165) is 79.6 Å². The average molecular weight is 396 g/mol. The van der Waals surface area contributed by atoms with Crippen molar-refractivity contribution in [3.8, 4) is 0 Å². The third kappa shape index (κ3) is 3.30. The van der Waals surface area contributed by atoms with E-state index in [1.807, 2.05) is 29.8 Å². The standard InChI is InChI=1S/C22H29N5O2/c1-14-19-17(13-18(15-5-6-15)23-20(19)25(2)24-14)22(29)27-11-7-16(8-12-27)21(28)26-9-3-4-10-26/h13,15-16H,3-12H2,1-2H3. The van der Waals surface area contributed by atoms with Crippen LogP contribution in [0.4, 0.5) is 0 Å². The fourth-order valence-electron chi connectivity index (χ4n) is 4.92. The maximum Gasteiger partial charge on any atom is 0.254 e. The van der Waals surface area contributed by atoms with E-state index < -0.39 is 0 Å². The van der Waals surface area contributed by atoms with Crippen LogP contribution in [0.25, 0.3) is 11.0 Å². The van der Waals surface area contributed by atoms with Gasteiger partial charge < -0.3 is 9.80 Å². The molecule has 2 saturated heterocycles. The van der Waals surface area contributed by atoms with E-state index in [0.29, 0.717) is 24.9 Å². The molecule has 7 heteroatoms. The molecule has 154 valence electrons. The zero-order valence-corrected chi connectivity index (χ0v) is 17.4. The smallest absolute Gasteiger partial charge is 0.254 e. The Labute approximate surface area is 171 Å². The maximum atomic E-state index is 13.5. The number of carbonyl (C=O) groups is 2. The van der Waals surface area contributed by atoms with E-state index in [-0.39, 0.29) is 11.8 Å². The van der Waals surface area contributed by atoms with E-state index in [1.54, 1.807) is 4.68 Å². The average Bonchev–Trinajstić information content (AvgIpc) is 3.37. The Hall–Kier alpha value is -2.44. The first-order valence-corrected chi connectivity index (χ1v) is 10.9. The van der Waals surface area contributed by atoms with Gasteiger partial charge in [0.15, 0.2) is 5.65 Å². The Bertz CT molecular complexity index is 963. The van der Waals surface area contributed by atoms with Crippen LogP contribution < -0.4 is 0 Å². The number of piperidine rings is 1. The first kappa shape index (κ1) is 18.6. The molecule has 2 aromatic rings. The fraction of sp³-hybridized carbons (Fsp3) is 0.636. The molecule has 0 unspecified atom stereocenters. The van der Waals surface area contributed by atoms with Crippen molar-refractivity contribution in [3.05, 3.63) is 23.0 Å². The summed E-state index contributed by atoms with van der Waals surface area (Å²) in [5.74, 6) is 0.893. The van der Waals surface area contributed by atoms with Gasteiger partial charge in [-0.15, -0.1) is 0 Å². The number of pyridine rings is 1. The van der Waals surface area contributed by atoms with E-state index >= 15 is 0 Å². The van der Waals surface area contributed by atoms with Crippen molar-refractivity contribution < 1.29 is 9.59 Å². The summed E-state index contributed by atoms with van der Waals surface area (Å²) in [6, 6.07) is 2.00. The molecule has 5 rings (SSSR count). The largest absolute Gasteiger partial charge is 0.342 e. The van der Waals surface area contributed by atoms with Gasteiger partial charge in [-0.1, -0.05) is 0 Å². The molecule has 29 heavy (non-hydrogen) atoms. The number of hydrogen-bond donors (Lipinski definition) is 0. The Morgan fingerprint density at radius 2 is 1.69 bits per heavy atom. The van der Waals surface area contributed by atoms with Gasteiger partial charge in [-0.2, -0.15) is 5.10 Å². The van der Waals surface area contributed by atoms with E-state index in [4.69, 9.17) is 4.98 Å². The Morgan fingerprint density at radius 1 is 1.00 bits per heavy atom. The van der Waals surface area contributed by atoms with Crippen LogP contribution in [0.2, 0.25) is 0 Å². The molecular formula is C22H29N5O2. The molecule has 0 spiro atoms. The van der Waals surface area contributed by atoms with Gasteiger partial charge in [0, 0.05) is 50.8 Å². The normalized spacial score (nSPS) is 20.6. The second kappa shape index (κ2) is 7.11. The summed E-state index contributed by atoms with van der Waals surface area (Å²) < 4.78 is 1.79. The second-order valence-electron chi connectivity index (χ2n) is 8.88. The van der Waals surface area contributed by atoms with Gasteiger partial charge in [-0.25, -0.2) is 4.98 Å². The molecule has 1 saturated carbocycles.